The highest BCUT2D eigenvalue weighted by Crippen LogP contribution is 2.16. The Morgan fingerprint density at radius 1 is 1.30 bits per heavy atom. The Bertz CT molecular complexity index is 735. The Morgan fingerprint density at radius 3 is 2.61 bits per heavy atom. The summed E-state index contributed by atoms with van der Waals surface area (Å²) in [6.07, 6.45) is 4.91. The second-order valence-electron chi connectivity index (χ2n) is 9.24. The second kappa shape index (κ2) is 15.3. The average Bonchev–Trinajstić information content (AvgIpc) is 2.73. The maximum atomic E-state index is 11.9. The summed E-state index contributed by atoms with van der Waals surface area (Å²) in [6, 6.07) is 4.31. The summed E-state index contributed by atoms with van der Waals surface area (Å²) in [4.78, 5) is 24.9. The molecule has 8 nitrogen and oxygen atoms in total. The molecule has 0 radical (unpaired) electrons. The standard InChI is InChI=1S/C24H42N6O2.HI/c1-7-25-24(28-21-9-12-30(13-10-21)17-23(31)29(5)6)27-16-20-8-11-26-22(15-20)32-19(4)14-18(2)3;/h8,11,15,18-19,21H,7,9-10,12-14,16-17H2,1-6H3,(H2,25,27,28);1H. The predicted molar refractivity (Wildman–Crippen MR) is 145 cm³/mol. The number of hydrogen-bond donors (Lipinski definition) is 2. The number of nitrogens with one attached hydrogen (secondary N) is 2. The van der Waals surface area contributed by atoms with E-state index in [1.807, 2.05) is 12.1 Å². The molecule has 9 heteroatoms. The van der Waals surface area contributed by atoms with Gasteiger partial charge in [-0.3, -0.25) is 9.69 Å². The van der Waals surface area contributed by atoms with Gasteiger partial charge in [-0.1, -0.05) is 13.8 Å². The maximum absolute atomic E-state index is 11.9. The van der Waals surface area contributed by atoms with E-state index in [1.165, 1.54) is 0 Å². The minimum Gasteiger partial charge on any atom is -0.475 e. The van der Waals surface area contributed by atoms with Gasteiger partial charge in [0.25, 0.3) is 0 Å². The largest absolute Gasteiger partial charge is 0.475 e. The number of guanidine groups is 1. The van der Waals surface area contributed by atoms with Crippen LogP contribution in [0, 0.1) is 5.92 Å². The molecule has 2 rings (SSSR count). The molecule has 1 saturated heterocycles. The van der Waals surface area contributed by atoms with Gasteiger partial charge in [0.2, 0.25) is 11.8 Å². The number of nitrogens with zero attached hydrogens (tertiary/aromatic N) is 4. The van der Waals surface area contributed by atoms with Crippen molar-refractivity contribution in [2.75, 3.05) is 40.3 Å². The molecular weight excluding hydrogens is 531 g/mol. The van der Waals surface area contributed by atoms with Crippen molar-refractivity contribution >= 4 is 35.8 Å². The number of hydrogen-bond acceptors (Lipinski definition) is 5. The van der Waals surface area contributed by atoms with Crippen LogP contribution in [0.4, 0.5) is 0 Å². The molecule has 2 heterocycles. The first kappa shape index (κ1) is 29.4. The Hall–Kier alpha value is -1.62. The van der Waals surface area contributed by atoms with Gasteiger partial charge < -0.3 is 20.3 Å². The van der Waals surface area contributed by atoms with Crippen LogP contribution >= 0.6 is 24.0 Å². The van der Waals surface area contributed by atoms with Gasteiger partial charge in [0.1, 0.15) is 0 Å². The Kier molecular flexibility index (Phi) is 13.6. The SMILES string of the molecule is CCNC(=NCc1ccnc(OC(C)CC(C)C)c1)NC1CCN(CC(=O)N(C)C)CC1.I. The fraction of sp³-hybridized carbons (Fsp3) is 0.708. The fourth-order valence-corrected chi connectivity index (χ4v) is 3.78. The van der Waals surface area contributed by atoms with Crippen molar-refractivity contribution in [1.29, 1.82) is 0 Å². The molecule has 1 atom stereocenters. The molecule has 1 aromatic heterocycles. The molecule has 1 amide bonds. The normalized spacial score (nSPS) is 16.2. The number of rotatable bonds is 10. The molecule has 188 valence electrons. The summed E-state index contributed by atoms with van der Waals surface area (Å²) in [7, 11) is 3.61. The van der Waals surface area contributed by atoms with Gasteiger partial charge in [-0.15, -0.1) is 24.0 Å². The number of halogens is 1. The van der Waals surface area contributed by atoms with Gasteiger partial charge >= 0.3 is 0 Å². The number of amides is 1. The molecule has 0 aromatic carbocycles. The van der Waals surface area contributed by atoms with Crippen molar-refractivity contribution in [3.8, 4) is 5.88 Å². The fourth-order valence-electron chi connectivity index (χ4n) is 3.78. The average molecular weight is 575 g/mol. The van der Waals surface area contributed by atoms with Gasteiger partial charge in [0.05, 0.1) is 19.2 Å². The van der Waals surface area contributed by atoms with E-state index >= 15 is 0 Å². The van der Waals surface area contributed by atoms with Gasteiger partial charge in [0, 0.05) is 52.0 Å². The molecule has 1 aliphatic rings. The van der Waals surface area contributed by atoms with Crippen molar-refractivity contribution in [2.45, 2.75) is 65.6 Å². The number of pyridine rings is 1. The maximum Gasteiger partial charge on any atom is 0.236 e. The zero-order chi connectivity index (χ0) is 23.5. The smallest absolute Gasteiger partial charge is 0.236 e. The molecule has 1 aliphatic heterocycles. The highest BCUT2D eigenvalue weighted by atomic mass is 127. The third-order valence-corrected chi connectivity index (χ3v) is 5.47. The van der Waals surface area contributed by atoms with Crippen molar-refractivity contribution < 1.29 is 9.53 Å². The summed E-state index contributed by atoms with van der Waals surface area (Å²) in [5.74, 6) is 2.23. The van der Waals surface area contributed by atoms with Crippen LogP contribution in [0.15, 0.2) is 23.3 Å². The van der Waals surface area contributed by atoms with Gasteiger partial charge in [-0.2, -0.15) is 0 Å². The summed E-state index contributed by atoms with van der Waals surface area (Å²) in [5.41, 5.74) is 1.07. The van der Waals surface area contributed by atoms with Crippen LogP contribution in [0.2, 0.25) is 0 Å². The number of carbonyl (C=O) groups is 1. The minimum atomic E-state index is 0. The quantitative estimate of drug-likeness (QED) is 0.254. The minimum absolute atomic E-state index is 0. The number of piperidine rings is 1. The lowest BCUT2D eigenvalue weighted by molar-refractivity contribution is -0.130. The molecule has 0 spiro atoms. The summed E-state index contributed by atoms with van der Waals surface area (Å²) in [5, 5.41) is 6.91. The van der Waals surface area contributed by atoms with Crippen LogP contribution in [0.1, 0.15) is 52.5 Å². The van der Waals surface area contributed by atoms with Crippen LogP contribution in [0.25, 0.3) is 0 Å². The van der Waals surface area contributed by atoms with Crippen molar-refractivity contribution in [1.82, 2.24) is 25.4 Å². The van der Waals surface area contributed by atoms with Crippen molar-refractivity contribution in [3.05, 3.63) is 23.9 Å². The third-order valence-electron chi connectivity index (χ3n) is 5.47. The summed E-state index contributed by atoms with van der Waals surface area (Å²) < 4.78 is 5.97. The summed E-state index contributed by atoms with van der Waals surface area (Å²) in [6.45, 7) is 12.2. The van der Waals surface area contributed by atoms with Gasteiger partial charge in [-0.25, -0.2) is 9.98 Å². The van der Waals surface area contributed by atoms with Crippen LogP contribution in [-0.4, -0.2) is 79.1 Å². The number of aromatic nitrogens is 1. The first-order chi connectivity index (χ1) is 15.3. The third kappa shape index (κ3) is 11.4. The van der Waals surface area contributed by atoms with Gasteiger partial charge in [-0.05, 0) is 50.7 Å². The molecule has 33 heavy (non-hydrogen) atoms. The van der Waals surface area contributed by atoms with E-state index < -0.39 is 0 Å². The lowest BCUT2D eigenvalue weighted by Crippen LogP contribution is -2.50. The lowest BCUT2D eigenvalue weighted by atomic mass is 10.1. The monoisotopic (exact) mass is 574 g/mol. The first-order valence-electron chi connectivity index (χ1n) is 11.9. The van der Waals surface area contributed by atoms with Crippen LogP contribution in [0.5, 0.6) is 5.88 Å². The molecule has 0 saturated carbocycles. The van der Waals surface area contributed by atoms with E-state index in [0.717, 1.165) is 50.4 Å². The molecule has 2 N–H and O–H groups in total. The Morgan fingerprint density at radius 2 is 2.00 bits per heavy atom. The molecule has 1 fully saturated rings. The first-order valence-corrected chi connectivity index (χ1v) is 11.9. The molecular formula is C24H43IN6O2. The van der Waals surface area contributed by atoms with Crippen LogP contribution < -0.4 is 15.4 Å². The zero-order valence-corrected chi connectivity index (χ0v) is 23.5. The Labute approximate surface area is 217 Å². The number of aliphatic imine (C=N–C) groups is 1. The number of carbonyl (C=O) groups excluding carboxylic acids is 1. The topological polar surface area (TPSA) is 82.1 Å². The zero-order valence-electron chi connectivity index (χ0n) is 21.1. The van der Waals surface area contributed by atoms with E-state index in [9.17, 15) is 4.79 Å². The Balaban J connectivity index is 0.00000544. The predicted octanol–water partition coefficient (Wildman–Crippen LogP) is 3.12. The summed E-state index contributed by atoms with van der Waals surface area (Å²) >= 11 is 0. The number of likely N-dealkylation sites (tertiary alicyclic amines) is 1. The van der Waals surface area contributed by atoms with Crippen molar-refractivity contribution in [3.63, 3.8) is 0 Å². The van der Waals surface area contributed by atoms with E-state index in [4.69, 9.17) is 9.73 Å². The van der Waals surface area contributed by atoms with E-state index in [2.05, 4.69) is 48.2 Å². The van der Waals surface area contributed by atoms with Gasteiger partial charge in [0.15, 0.2) is 5.96 Å². The van der Waals surface area contributed by atoms with E-state index in [0.29, 0.717) is 30.9 Å². The van der Waals surface area contributed by atoms with E-state index in [-0.39, 0.29) is 36.0 Å². The highest BCUT2D eigenvalue weighted by Gasteiger charge is 2.22. The molecule has 0 aliphatic carbocycles. The number of likely N-dealkylation sites (N-methyl/N-ethyl adjacent to an activating group) is 1. The molecule has 0 bridgehead atoms. The lowest BCUT2D eigenvalue weighted by Gasteiger charge is -2.33. The van der Waals surface area contributed by atoms with E-state index in [1.54, 1.807) is 25.2 Å². The highest BCUT2D eigenvalue weighted by molar-refractivity contribution is 14.0. The number of ether oxygens (including phenoxy) is 1. The molecule has 1 aromatic rings. The van der Waals surface area contributed by atoms with Crippen LogP contribution in [0.3, 0.4) is 0 Å². The molecule has 1 unspecified atom stereocenters. The van der Waals surface area contributed by atoms with Crippen molar-refractivity contribution in [2.24, 2.45) is 10.9 Å². The van der Waals surface area contributed by atoms with Crippen LogP contribution in [-0.2, 0) is 11.3 Å². The second-order valence-corrected chi connectivity index (χ2v) is 9.24.